The second-order valence-corrected chi connectivity index (χ2v) is 6.65. The molecule has 4 heteroatoms. The van der Waals surface area contributed by atoms with E-state index < -0.39 is 0 Å². The summed E-state index contributed by atoms with van der Waals surface area (Å²) in [5, 5.41) is 4.02. The van der Waals surface area contributed by atoms with Crippen LogP contribution in [0, 0.1) is 5.92 Å². The smallest absolute Gasteiger partial charge is 0.266 e. The van der Waals surface area contributed by atoms with Crippen molar-refractivity contribution in [2.45, 2.75) is 26.2 Å². The van der Waals surface area contributed by atoms with Gasteiger partial charge in [0.05, 0.1) is 11.1 Å². The lowest BCUT2D eigenvalue weighted by Gasteiger charge is -2.16. The first-order valence-corrected chi connectivity index (χ1v) is 8.04. The van der Waals surface area contributed by atoms with Crippen LogP contribution in [0.3, 0.4) is 0 Å². The first-order valence-electron chi connectivity index (χ1n) is 7.22. The quantitative estimate of drug-likeness (QED) is 0.682. The molecule has 108 valence electrons. The first kappa shape index (κ1) is 14.0. The molecule has 1 amide bonds. The van der Waals surface area contributed by atoms with Crippen molar-refractivity contribution < 1.29 is 4.79 Å². The van der Waals surface area contributed by atoms with E-state index in [1.165, 1.54) is 16.9 Å². The van der Waals surface area contributed by atoms with Crippen molar-refractivity contribution in [1.29, 1.82) is 0 Å². The van der Waals surface area contributed by atoms with Gasteiger partial charge in [-0.1, -0.05) is 37.3 Å². The second kappa shape index (κ2) is 6.22. The van der Waals surface area contributed by atoms with Gasteiger partial charge in [-0.25, -0.2) is 5.43 Å². The zero-order chi connectivity index (χ0) is 14.7. The highest BCUT2D eigenvalue weighted by Gasteiger charge is 2.20. The standard InChI is InChI=1S/C17H18N2OS/c1-12-7-8-15-14(9-12)10-16(21-15)17(20)19-18-11-13-5-3-2-4-6-13/h2-6,10-12H,7-9H2,1H3,(H,19,20)/b18-11-/t12-/m0/s1. The number of rotatable bonds is 3. The first-order chi connectivity index (χ1) is 10.2. The molecule has 21 heavy (non-hydrogen) atoms. The molecule has 1 N–H and O–H groups in total. The summed E-state index contributed by atoms with van der Waals surface area (Å²) >= 11 is 1.61. The molecule has 1 aliphatic carbocycles. The Kier molecular flexibility index (Phi) is 4.15. The fraction of sp³-hybridized carbons (Fsp3) is 0.294. The average Bonchev–Trinajstić information content (AvgIpc) is 2.91. The minimum Gasteiger partial charge on any atom is -0.266 e. The van der Waals surface area contributed by atoms with Gasteiger partial charge in [0.1, 0.15) is 0 Å². The van der Waals surface area contributed by atoms with Crippen LogP contribution in [0.15, 0.2) is 41.5 Å². The maximum absolute atomic E-state index is 12.1. The third kappa shape index (κ3) is 3.39. The molecule has 1 aromatic heterocycles. The molecule has 1 aliphatic rings. The van der Waals surface area contributed by atoms with Crippen LogP contribution in [0.1, 0.15) is 39.0 Å². The second-order valence-electron chi connectivity index (χ2n) is 5.52. The van der Waals surface area contributed by atoms with Crippen molar-refractivity contribution in [3.05, 3.63) is 57.3 Å². The number of hydrogen-bond donors (Lipinski definition) is 1. The maximum Gasteiger partial charge on any atom is 0.281 e. The van der Waals surface area contributed by atoms with Gasteiger partial charge in [-0.05, 0) is 42.4 Å². The number of carbonyl (C=O) groups is 1. The number of hydrogen-bond acceptors (Lipinski definition) is 3. The highest BCUT2D eigenvalue weighted by molar-refractivity contribution is 7.14. The molecule has 0 saturated heterocycles. The van der Waals surface area contributed by atoms with Crippen LogP contribution in [-0.4, -0.2) is 12.1 Å². The molecule has 0 spiro atoms. The Morgan fingerprint density at radius 3 is 3.00 bits per heavy atom. The van der Waals surface area contributed by atoms with Crippen LogP contribution in [0.25, 0.3) is 0 Å². The summed E-state index contributed by atoms with van der Waals surface area (Å²) in [4.78, 5) is 14.2. The minimum atomic E-state index is -0.116. The normalized spacial score (nSPS) is 17.7. The Bertz CT molecular complexity index is 661. The van der Waals surface area contributed by atoms with Crippen LogP contribution >= 0.6 is 11.3 Å². The van der Waals surface area contributed by atoms with E-state index >= 15 is 0 Å². The van der Waals surface area contributed by atoms with E-state index in [-0.39, 0.29) is 5.91 Å². The number of aryl methyl sites for hydroxylation is 1. The van der Waals surface area contributed by atoms with Gasteiger partial charge in [0.2, 0.25) is 0 Å². The van der Waals surface area contributed by atoms with Crippen molar-refractivity contribution in [3.63, 3.8) is 0 Å². The summed E-state index contributed by atoms with van der Waals surface area (Å²) in [7, 11) is 0. The molecule has 0 radical (unpaired) electrons. The van der Waals surface area contributed by atoms with Gasteiger partial charge >= 0.3 is 0 Å². The molecule has 3 nitrogen and oxygen atoms in total. The number of amides is 1. The number of hydrazone groups is 1. The number of fused-ring (bicyclic) bond motifs is 1. The summed E-state index contributed by atoms with van der Waals surface area (Å²) in [6.07, 6.45) is 5.07. The van der Waals surface area contributed by atoms with E-state index in [2.05, 4.69) is 17.5 Å². The van der Waals surface area contributed by atoms with Crippen molar-refractivity contribution in [2.24, 2.45) is 11.0 Å². The summed E-state index contributed by atoms with van der Waals surface area (Å²) in [6, 6.07) is 11.8. The lowest BCUT2D eigenvalue weighted by atomic mass is 9.90. The largest absolute Gasteiger partial charge is 0.281 e. The van der Waals surface area contributed by atoms with Gasteiger partial charge in [-0.15, -0.1) is 11.3 Å². The van der Waals surface area contributed by atoms with Crippen LogP contribution in [0.4, 0.5) is 0 Å². The number of nitrogens with zero attached hydrogens (tertiary/aromatic N) is 1. The molecule has 0 bridgehead atoms. The van der Waals surface area contributed by atoms with Gasteiger partial charge in [0, 0.05) is 4.88 Å². The summed E-state index contributed by atoms with van der Waals surface area (Å²) in [5.41, 5.74) is 4.92. The van der Waals surface area contributed by atoms with Crippen LogP contribution in [0.5, 0.6) is 0 Å². The SMILES string of the molecule is C[C@H]1CCc2sc(C(=O)N/N=C\c3ccccc3)cc2C1. The molecule has 0 saturated carbocycles. The van der Waals surface area contributed by atoms with Gasteiger partial charge in [0.15, 0.2) is 0 Å². The summed E-state index contributed by atoms with van der Waals surface area (Å²) in [5.74, 6) is 0.605. The highest BCUT2D eigenvalue weighted by atomic mass is 32.1. The molecule has 0 aliphatic heterocycles. The molecule has 1 atom stereocenters. The number of thiophene rings is 1. The number of carbonyl (C=O) groups excluding carboxylic acids is 1. The molecule has 0 unspecified atom stereocenters. The fourth-order valence-electron chi connectivity index (χ4n) is 2.58. The van der Waals surface area contributed by atoms with Crippen LogP contribution < -0.4 is 5.43 Å². The van der Waals surface area contributed by atoms with E-state index in [1.807, 2.05) is 36.4 Å². The molecule has 2 aromatic rings. The van der Waals surface area contributed by atoms with Crippen molar-refractivity contribution >= 4 is 23.5 Å². The monoisotopic (exact) mass is 298 g/mol. The summed E-state index contributed by atoms with van der Waals surface area (Å²) in [6.45, 7) is 2.27. The summed E-state index contributed by atoms with van der Waals surface area (Å²) < 4.78 is 0. The average molecular weight is 298 g/mol. The van der Waals surface area contributed by atoms with Gasteiger partial charge in [0.25, 0.3) is 5.91 Å². The molecule has 1 heterocycles. The third-order valence-electron chi connectivity index (χ3n) is 3.73. The maximum atomic E-state index is 12.1. The topological polar surface area (TPSA) is 41.5 Å². The van der Waals surface area contributed by atoms with Crippen molar-refractivity contribution in [3.8, 4) is 0 Å². The Balaban J connectivity index is 1.65. The van der Waals surface area contributed by atoms with Gasteiger partial charge in [-0.2, -0.15) is 5.10 Å². The van der Waals surface area contributed by atoms with E-state index in [0.717, 1.165) is 29.2 Å². The fourth-order valence-corrected chi connectivity index (χ4v) is 3.68. The predicted octanol–water partition coefficient (Wildman–Crippen LogP) is 3.64. The molecular formula is C17H18N2OS. The molecular weight excluding hydrogens is 280 g/mol. The molecule has 1 aromatic carbocycles. The van der Waals surface area contributed by atoms with E-state index in [4.69, 9.17) is 0 Å². The van der Waals surface area contributed by atoms with Crippen molar-refractivity contribution in [2.75, 3.05) is 0 Å². The zero-order valence-corrected chi connectivity index (χ0v) is 12.8. The Labute approximate surface area is 128 Å². The third-order valence-corrected chi connectivity index (χ3v) is 4.97. The van der Waals surface area contributed by atoms with Gasteiger partial charge < -0.3 is 0 Å². The minimum absolute atomic E-state index is 0.116. The van der Waals surface area contributed by atoms with Gasteiger partial charge in [-0.3, -0.25) is 4.79 Å². The van der Waals surface area contributed by atoms with Crippen molar-refractivity contribution in [1.82, 2.24) is 5.43 Å². The molecule has 3 rings (SSSR count). The lowest BCUT2D eigenvalue weighted by molar-refractivity contribution is 0.0959. The van der Waals surface area contributed by atoms with E-state index in [0.29, 0.717) is 0 Å². The lowest BCUT2D eigenvalue weighted by Crippen LogP contribution is -2.16. The molecule has 0 fully saturated rings. The number of benzene rings is 1. The van der Waals surface area contributed by atoms with Crippen LogP contribution in [0.2, 0.25) is 0 Å². The predicted molar refractivity (Wildman–Crippen MR) is 87.0 cm³/mol. The van der Waals surface area contributed by atoms with E-state index in [1.54, 1.807) is 17.6 Å². The Morgan fingerprint density at radius 2 is 2.19 bits per heavy atom. The highest BCUT2D eigenvalue weighted by Crippen LogP contribution is 2.32. The van der Waals surface area contributed by atoms with E-state index in [9.17, 15) is 4.79 Å². The Hall–Kier alpha value is -1.94. The van der Waals surface area contributed by atoms with Crippen LogP contribution in [-0.2, 0) is 12.8 Å². The number of nitrogens with one attached hydrogen (secondary N) is 1. The Morgan fingerprint density at radius 1 is 1.38 bits per heavy atom. The zero-order valence-electron chi connectivity index (χ0n) is 12.0.